The number of carbonyl (C=O) groups excluding carboxylic acids is 2. The molecule has 2 saturated heterocycles. The van der Waals surface area contributed by atoms with Crippen LogP contribution in [0.2, 0.25) is 0 Å². The Bertz CT molecular complexity index is 1400. The largest absolute Gasteiger partial charge is 0.493 e. The highest BCUT2D eigenvalue weighted by Crippen LogP contribution is 2.55. The molecule has 0 unspecified atom stereocenters. The van der Waals surface area contributed by atoms with Gasteiger partial charge in [0.25, 0.3) is 0 Å². The van der Waals surface area contributed by atoms with Crippen LogP contribution in [0.25, 0.3) is 10.9 Å². The molecule has 0 bridgehead atoms. The van der Waals surface area contributed by atoms with E-state index < -0.39 is 11.6 Å². The number of methoxy groups -OCH3 is 1. The molecule has 8 heteroatoms. The summed E-state index contributed by atoms with van der Waals surface area (Å²) in [6.07, 6.45) is 4.03. The van der Waals surface area contributed by atoms with Gasteiger partial charge in [-0.25, -0.2) is 0 Å². The van der Waals surface area contributed by atoms with Crippen molar-refractivity contribution in [3.05, 3.63) is 59.8 Å². The molecular formula is C31H37N3O5. The Balaban J connectivity index is 1.21. The third-order valence-electron chi connectivity index (χ3n) is 8.79. The summed E-state index contributed by atoms with van der Waals surface area (Å²) >= 11 is 0. The molecule has 0 saturated carbocycles. The van der Waals surface area contributed by atoms with Crippen molar-refractivity contribution in [2.45, 2.75) is 63.9 Å². The summed E-state index contributed by atoms with van der Waals surface area (Å²) < 4.78 is 18.9. The van der Waals surface area contributed by atoms with E-state index in [0.717, 1.165) is 46.4 Å². The second-order valence-corrected chi connectivity index (χ2v) is 11.7. The van der Waals surface area contributed by atoms with Crippen molar-refractivity contribution in [3.63, 3.8) is 0 Å². The first-order chi connectivity index (χ1) is 18.7. The minimum Gasteiger partial charge on any atom is -0.493 e. The van der Waals surface area contributed by atoms with E-state index in [2.05, 4.69) is 30.2 Å². The molecule has 3 aliphatic rings. The molecule has 2 aromatic carbocycles. The predicted octanol–water partition coefficient (Wildman–Crippen LogP) is 4.39. The minimum absolute atomic E-state index is 0.0368. The summed E-state index contributed by atoms with van der Waals surface area (Å²) in [6, 6.07) is 13.4. The maximum atomic E-state index is 13.8. The summed E-state index contributed by atoms with van der Waals surface area (Å²) in [5.41, 5.74) is 2.64. The standard InChI is InChI=1S/C31H37N3O5/c1-18(35)33-25(15-19-16-32-24-10-6-5-8-21(19)24)30(36)34-13-12-26-20(17-34)14-23-28(38-26)22-9-7-11-27(37-4)29(22)39-31(23,2)3/h5-11,16,20,23,25-26,28,32H,12-15,17H2,1-4H3,(H,33,35)/t20-,23+,25+,26+,28-/m1/s1. The van der Waals surface area contributed by atoms with Gasteiger partial charge in [-0.15, -0.1) is 0 Å². The van der Waals surface area contributed by atoms with Crippen LogP contribution >= 0.6 is 0 Å². The van der Waals surface area contributed by atoms with Gasteiger partial charge in [0.05, 0.1) is 19.3 Å². The molecule has 3 aromatic rings. The zero-order valence-corrected chi connectivity index (χ0v) is 23.0. The fourth-order valence-corrected chi connectivity index (χ4v) is 6.84. The molecule has 0 radical (unpaired) electrons. The number of aromatic nitrogens is 1. The molecular weight excluding hydrogens is 494 g/mol. The van der Waals surface area contributed by atoms with E-state index >= 15 is 0 Å². The minimum atomic E-state index is -0.621. The fraction of sp³-hybridized carbons (Fsp3) is 0.484. The van der Waals surface area contributed by atoms with E-state index in [0.29, 0.717) is 19.5 Å². The predicted molar refractivity (Wildman–Crippen MR) is 148 cm³/mol. The van der Waals surface area contributed by atoms with E-state index in [1.165, 1.54) is 6.92 Å². The van der Waals surface area contributed by atoms with Crippen LogP contribution in [0.1, 0.15) is 50.8 Å². The Morgan fingerprint density at radius 1 is 1.21 bits per heavy atom. The van der Waals surface area contributed by atoms with E-state index in [1.54, 1.807) is 7.11 Å². The topological polar surface area (TPSA) is 92.9 Å². The van der Waals surface area contributed by atoms with Crippen molar-refractivity contribution in [1.82, 2.24) is 15.2 Å². The highest BCUT2D eigenvalue weighted by atomic mass is 16.5. The Morgan fingerprint density at radius 2 is 2.03 bits per heavy atom. The maximum Gasteiger partial charge on any atom is 0.245 e. The number of carbonyl (C=O) groups is 2. The normalized spacial score (nSPS) is 26.0. The number of rotatable bonds is 5. The molecule has 2 N–H and O–H groups in total. The first-order valence-electron chi connectivity index (χ1n) is 13.9. The number of H-pyrrole nitrogens is 1. The molecule has 4 heterocycles. The Morgan fingerprint density at radius 3 is 2.82 bits per heavy atom. The molecule has 3 aliphatic heterocycles. The van der Waals surface area contributed by atoms with E-state index in [-0.39, 0.29) is 35.9 Å². The molecule has 1 aromatic heterocycles. The van der Waals surface area contributed by atoms with Crippen LogP contribution in [0.3, 0.4) is 0 Å². The van der Waals surface area contributed by atoms with Gasteiger partial charge in [0.1, 0.15) is 11.6 Å². The Hall–Kier alpha value is -3.52. The average molecular weight is 532 g/mol. The lowest BCUT2D eigenvalue weighted by Gasteiger charge is -2.53. The number of para-hydroxylation sites is 2. The average Bonchev–Trinajstić information content (AvgIpc) is 3.33. The SMILES string of the molecule is COc1cccc2c1OC(C)(C)[C@H]1C[C@@H]3CN(C(=O)[C@H](Cc4c[nH]c5ccccc45)NC(C)=O)CC[C@@H]3O[C@H]21. The zero-order chi connectivity index (χ0) is 27.3. The third-order valence-corrected chi connectivity index (χ3v) is 8.79. The number of nitrogens with one attached hydrogen (secondary N) is 2. The molecule has 8 nitrogen and oxygen atoms in total. The Labute approximate surface area is 229 Å². The number of hydrogen-bond acceptors (Lipinski definition) is 5. The summed E-state index contributed by atoms with van der Waals surface area (Å²) in [7, 11) is 1.66. The fourth-order valence-electron chi connectivity index (χ4n) is 6.84. The van der Waals surface area contributed by atoms with Gasteiger partial charge in [-0.05, 0) is 44.4 Å². The van der Waals surface area contributed by atoms with Crippen molar-refractivity contribution < 1.29 is 23.8 Å². The molecule has 6 rings (SSSR count). The van der Waals surface area contributed by atoms with Gasteiger partial charge in [0.2, 0.25) is 11.8 Å². The third kappa shape index (κ3) is 4.65. The molecule has 0 spiro atoms. The molecule has 0 aliphatic carbocycles. The van der Waals surface area contributed by atoms with Crippen LogP contribution in [0.5, 0.6) is 11.5 Å². The van der Waals surface area contributed by atoms with Crippen LogP contribution in [-0.4, -0.2) is 59.6 Å². The quantitative estimate of drug-likeness (QED) is 0.510. The van der Waals surface area contributed by atoms with E-state index in [4.69, 9.17) is 14.2 Å². The monoisotopic (exact) mass is 531 g/mol. The number of fused-ring (bicyclic) bond motifs is 5. The smallest absolute Gasteiger partial charge is 0.245 e. The van der Waals surface area contributed by atoms with E-state index in [9.17, 15) is 9.59 Å². The molecule has 2 fully saturated rings. The lowest BCUT2D eigenvalue weighted by molar-refractivity contribution is -0.189. The highest BCUT2D eigenvalue weighted by molar-refractivity contribution is 5.89. The van der Waals surface area contributed by atoms with Gasteiger partial charge in [-0.1, -0.05) is 30.3 Å². The summed E-state index contributed by atoms with van der Waals surface area (Å²) in [5.74, 6) is 1.60. The van der Waals surface area contributed by atoms with Crippen molar-refractivity contribution in [2.75, 3.05) is 20.2 Å². The number of benzene rings is 2. The Kier molecular flexibility index (Phi) is 6.53. The van der Waals surface area contributed by atoms with Crippen molar-refractivity contribution in [2.24, 2.45) is 11.8 Å². The van der Waals surface area contributed by atoms with Gasteiger partial charge >= 0.3 is 0 Å². The number of nitrogens with zero attached hydrogens (tertiary/aromatic N) is 1. The second-order valence-electron chi connectivity index (χ2n) is 11.7. The number of piperidine rings is 1. The first-order valence-corrected chi connectivity index (χ1v) is 13.9. The van der Waals surface area contributed by atoms with Crippen LogP contribution in [0.4, 0.5) is 0 Å². The lowest BCUT2D eigenvalue weighted by atomic mass is 9.70. The van der Waals surface area contributed by atoms with Crippen molar-refractivity contribution in [1.29, 1.82) is 0 Å². The van der Waals surface area contributed by atoms with Gasteiger partial charge < -0.3 is 29.4 Å². The van der Waals surface area contributed by atoms with Crippen LogP contribution in [0, 0.1) is 11.8 Å². The summed E-state index contributed by atoms with van der Waals surface area (Å²) in [5, 5.41) is 4.00. The zero-order valence-electron chi connectivity index (χ0n) is 23.0. The van der Waals surface area contributed by atoms with E-state index in [1.807, 2.05) is 47.5 Å². The molecule has 206 valence electrons. The van der Waals surface area contributed by atoms with Crippen LogP contribution < -0.4 is 14.8 Å². The molecule has 39 heavy (non-hydrogen) atoms. The number of amides is 2. The summed E-state index contributed by atoms with van der Waals surface area (Å²) in [4.78, 5) is 31.1. The maximum absolute atomic E-state index is 13.8. The number of aromatic amines is 1. The van der Waals surface area contributed by atoms with Crippen molar-refractivity contribution in [3.8, 4) is 11.5 Å². The van der Waals surface area contributed by atoms with Gasteiger partial charge in [0.15, 0.2) is 11.5 Å². The second kappa shape index (κ2) is 9.90. The highest BCUT2D eigenvalue weighted by Gasteiger charge is 2.52. The van der Waals surface area contributed by atoms with Gasteiger partial charge in [-0.3, -0.25) is 9.59 Å². The number of hydrogen-bond donors (Lipinski definition) is 2. The van der Waals surface area contributed by atoms with Gasteiger partial charge in [-0.2, -0.15) is 0 Å². The number of likely N-dealkylation sites (tertiary alicyclic amines) is 1. The first kappa shape index (κ1) is 25.7. The van der Waals surface area contributed by atoms with Gasteiger partial charge in [0, 0.05) is 60.9 Å². The van der Waals surface area contributed by atoms with Crippen LogP contribution in [-0.2, 0) is 20.7 Å². The van der Waals surface area contributed by atoms with Crippen LogP contribution in [0.15, 0.2) is 48.7 Å². The summed E-state index contributed by atoms with van der Waals surface area (Å²) in [6.45, 7) is 6.91. The molecule has 5 atom stereocenters. The number of ether oxygens (including phenoxy) is 3. The van der Waals surface area contributed by atoms with Crippen molar-refractivity contribution >= 4 is 22.7 Å². The molecule has 2 amide bonds. The lowest BCUT2D eigenvalue weighted by Crippen LogP contribution is -2.58.